The summed E-state index contributed by atoms with van der Waals surface area (Å²) >= 11 is 0. The number of ketones is 1. The van der Waals surface area contributed by atoms with Crippen molar-refractivity contribution in [2.75, 3.05) is 0 Å². The van der Waals surface area contributed by atoms with Crippen LogP contribution in [0.2, 0.25) is 0 Å². The Balaban J connectivity index is 1.75. The summed E-state index contributed by atoms with van der Waals surface area (Å²) in [6.45, 7) is 0.563. The molecular weight excluding hydrogens is 380 g/mol. The monoisotopic (exact) mass is 402 g/mol. The summed E-state index contributed by atoms with van der Waals surface area (Å²) in [5, 5.41) is 21.7. The maximum atomic E-state index is 12.2. The van der Waals surface area contributed by atoms with E-state index in [1.165, 1.54) is 0 Å². The van der Waals surface area contributed by atoms with Gasteiger partial charge in [0.2, 0.25) is 5.78 Å². The number of nitriles is 1. The fourth-order valence-electron chi connectivity index (χ4n) is 3.27. The lowest BCUT2D eigenvalue weighted by atomic mass is 10.0. The molecule has 30 heavy (non-hydrogen) atoms. The molecule has 1 unspecified atom stereocenters. The second kappa shape index (κ2) is 10.1. The molecular formula is C23H22N4O3. The number of carbonyl (C=O) groups excluding carboxylic acids is 1. The molecule has 0 amide bonds. The van der Waals surface area contributed by atoms with Gasteiger partial charge in [-0.25, -0.2) is 4.98 Å². The van der Waals surface area contributed by atoms with Crippen LogP contribution in [0.25, 0.3) is 0 Å². The van der Waals surface area contributed by atoms with Crippen molar-refractivity contribution in [2.24, 2.45) is 0 Å². The lowest BCUT2D eigenvalue weighted by Crippen LogP contribution is -2.49. The molecule has 3 rings (SSSR count). The summed E-state index contributed by atoms with van der Waals surface area (Å²) < 4.78 is 1.88. The predicted octanol–water partition coefficient (Wildman–Crippen LogP) is 2.22. The lowest BCUT2D eigenvalue weighted by molar-refractivity contribution is -0.139. The molecule has 3 aromatic rings. The minimum atomic E-state index is -1.09. The first-order valence-corrected chi connectivity index (χ1v) is 9.56. The van der Waals surface area contributed by atoms with Crippen molar-refractivity contribution in [3.8, 4) is 6.07 Å². The number of nitrogens with zero attached hydrogens (tertiary/aromatic N) is 3. The van der Waals surface area contributed by atoms with Crippen LogP contribution >= 0.6 is 0 Å². The Kier molecular flexibility index (Phi) is 7.09. The highest BCUT2D eigenvalue weighted by Gasteiger charge is 2.27. The number of imidazole rings is 1. The van der Waals surface area contributed by atoms with Crippen LogP contribution in [0.1, 0.15) is 16.8 Å². The van der Waals surface area contributed by atoms with Gasteiger partial charge in [-0.3, -0.25) is 14.9 Å². The summed E-state index contributed by atoms with van der Waals surface area (Å²) in [5.74, 6) is -1.78. The van der Waals surface area contributed by atoms with Gasteiger partial charge >= 0.3 is 5.97 Å². The molecule has 2 atom stereocenters. The number of rotatable bonds is 10. The number of aromatic nitrogens is 2. The fraction of sp³-hybridized carbons (Fsp3) is 0.217. The van der Waals surface area contributed by atoms with Crippen LogP contribution in [-0.4, -0.2) is 38.5 Å². The summed E-state index contributed by atoms with van der Waals surface area (Å²) in [7, 11) is 0. The Labute approximate surface area is 174 Å². The number of Topliss-reactive ketones (excluding diaryl/α,β-unsaturated/α-hetero) is 1. The number of carbonyl (C=O) groups is 2. The number of hydrogen-bond acceptors (Lipinski definition) is 5. The van der Waals surface area contributed by atoms with E-state index in [2.05, 4.69) is 10.3 Å². The Morgan fingerprint density at radius 3 is 2.23 bits per heavy atom. The van der Waals surface area contributed by atoms with Gasteiger partial charge in [-0.2, -0.15) is 5.26 Å². The van der Waals surface area contributed by atoms with Crippen molar-refractivity contribution in [2.45, 2.75) is 31.5 Å². The number of carboxylic acids is 1. The standard InChI is InChI=1S/C23H22N4O3/c24-13-22(28)20(11-17-7-3-1-4-8-17)26-21(23(29)30)12-19-14-25-16-27(19)15-18-9-5-2-6-10-18/h1-10,14,16,20-21,26H,11-12,15H2,(H,29,30)/t20?,21-/m0/s1. The third-order valence-corrected chi connectivity index (χ3v) is 4.82. The van der Waals surface area contributed by atoms with Crippen molar-refractivity contribution in [3.05, 3.63) is 90.0 Å². The summed E-state index contributed by atoms with van der Waals surface area (Å²) in [6, 6.07) is 18.6. The Bertz CT molecular complexity index is 1030. The van der Waals surface area contributed by atoms with Crippen molar-refractivity contribution in [1.82, 2.24) is 14.9 Å². The van der Waals surface area contributed by atoms with Crippen LogP contribution in [0.4, 0.5) is 0 Å². The molecule has 0 aliphatic carbocycles. The zero-order valence-electron chi connectivity index (χ0n) is 16.3. The first-order valence-electron chi connectivity index (χ1n) is 9.56. The van der Waals surface area contributed by atoms with Gasteiger partial charge in [-0.15, -0.1) is 0 Å². The molecule has 152 valence electrons. The maximum Gasteiger partial charge on any atom is 0.321 e. The Morgan fingerprint density at radius 2 is 1.63 bits per heavy atom. The van der Waals surface area contributed by atoms with Crippen molar-refractivity contribution >= 4 is 11.8 Å². The van der Waals surface area contributed by atoms with E-state index in [9.17, 15) is 14.7 Å². The maximum absolute atomic E-state index is 12.2. The molecule has 0 saturated heterocycles. The first-order chi connectivity index (χ1) is 14.6. The van der Waals surface area contributed by atoms with Crippen LogP contribution in [0.5, 0.6) is 0 Å². The van der Waals surface area contributed by atoms with Crippen molar-refractivity contribution in [3.63, 3.8) is 0 Å². The number of carboxylic acid groups (broad SMARTS) is 1. The van der Waals surface area contributed by atoms with E-state index >= 15 is 0 Å². The summed E-state index contributed by atoms with van der Waals surface area (Å²) in [5.41, 5.74) is 2.64. The van der Waals surface area contributed by atoms with E-state index in [0.29, 0.717) is 6.54 Å². The average Bonchev–Trinajstić information content (AvgIpc) is 3.20. The highest BCUT2D eigenvalue weighted by Crippen LogP contribution is 2.11. The lowest BCUT2D eigenvalue weighted by Gasteiger charge is -2.21. The predicted molar refractivity (Wildman–Crippen MR) is 111 cm³/mol. The van der Waals surface area contributed by atoms with Crippen LogP contribution < -0.4 is 5.32 Å². The van der Waals surface area contributed by atoms with Crippen molar-refractivity contribution < 1.29 is 14.7 Å². The van der Waals surface area contributed by atoms with Gasteiger partial charge in [-0.05, 0) is 17.5 Å². The van der Waals surface area contributed by atoms with E-state index in [0.717, 1.165) is 16.8 Å². The van der Waals surface area contributed by atoms with Gasteiger partial charge in [0.25, 0.3) is 0 Å². The van der Waals surface area contributed by atoms with E-state index in [1.54, 1.807) is 18.6 Å². The quantitative estimate of drug-likeness (QED) is 0.504. The number of benzene rings is 2. The fourth-order valence-corrected chi connectivity index (χ4v) is 3.27. The molecule has 0 aliphatic heterocycles. The van der Waals surface area contributed by atoms with E-state index in [-0.39, 0.29) is 12.8 Å². The van der Waals surface area contributed by atoms with E-state index in [1.807, 2.05) is 65.2 Å². The van der Waals surface area contributed by atoms with Gasteiger partial charge in [0.05, 0.1) is 12.4 Å². The summed E-state index contributed by atoms with van der Waals surface area (Å²) in [4.78, 5) is 28.2. The van der Waals surface area contributed by atoms with Crippen LogP contribution in [0.15, 0.2) is 73.2 Å². The molecule has 2 aromatic carbocycles. The van der Waals surface area contributed by atoms with Crippen molar-refractivity contribution in [1.29, 1.82) is 5.26 Å². The van der Waals surface area contributed by atoms with Crippen LogP contribution in [-0.2, 0) is 29.0 Å². The minimum Gasteiger partial charge on any atom is -0.480 e. The van der Waals surface area contributed by atoms with Crippen LogP contribution in [0, 0.1) is 11.3 Å². The summed E-state index contributed by atoms with van der Waals surface area (Å²) in [6.07, 6.45) is 3.65. The number of aliphatic carboxylic acids is 1. The smallest absolute Gasteiger partial charge is 0.321 e. The Hall–Kier alpha value is -3.76. The first kappa shape index (κ1) is 21.0. The zero-order valence-corrected chi connectivity index (χ0v) is 16.3. The molecule has 0 bridgehead atoms. The van der Waals surface area contributed by atoms with E-state index < -0.39 is 23.8 Å². The largest absolute Gasteiger partial charge is 0.480 e. The third-order valence-electron chi connectivity index (χ3n) is 4.82. The Morgan fingerprint density at radius 1 is 1.00 bits per heavy atom. The molecule has 1 heterocycles. The van der Waals surface area contributed by atoms with Gasteiger partial charge in [0.1, 0.15) is 12.1 Å². The van der Waals surface area contributed by atoms with E-state index in [4.69, 9.17) is 5.26 Å². The van der Waals surface area contributed by atoms with Gasteiger partial charge in [0.15, 0.2) is 0 Å². The second-order valence-corrected chi connectivity index (χ2v) is 6.98. The molecule has 0 saturated carbocycles. The normalized spacial score (nSPS) is 12.6. The molecule has 0 fully saturated rings. The van der Waals surface area contributed by atoms with Crippen LogP contribution in [0.3, 0.4) is 0 Å². The molecule has 1 aromatic heterocycles. The molecule has 7 heteroatoms. The molecule has 7 nitrogen and oxygen atoms in total. The number of hydrogen-bond donors (Lipinski definition) is 2. The highest BCUT2D eigenvalue weighted by atomic mass is 16.4. The number of nitrogens with one attached hydrogen (secondary N) is 1. The van der Waals surface area contributed by atoms with Gasteiger partial charge in [-0.1, -0.05) is 60.7 Å². The molecule has 2 N–H and O–H groups in total. The molecule has 0 aliphatic rings. The highest BCUT2D eigenvalue weighted by molar-refractivity contribution is 5.98. The topological polar surface area (TPSA) is 108 Å². The third kappa shape index (κ3) is 5.63. The molecule has 0 spiro atoms. The average molecular weight is 402 g/mol. The molecule has 0 radical (unpaired) electrons. The van der Waals surface area contributed by atoms with Gasteiger partial charge in [0, 0.05) is 24.9 Å². The zero-order chi connectivity index (χ0) is 21.3. The minimum absolute atomic E-state index is 0.131. The second-order valence-electron chi connectivity index (χ2n) is 6.98. The van der Waals surface area contributed by atoms with Gasteiger partial charge < -0.3 is 9.67 Å². The SMILES string of the molecule is N#CC(=O)C(Cc1ccccc1)N[C@@H](Cc1cncn1Cc1ccccc1)C(=O)O.